The zero-order chi connectivity index (χ0) is 14.5. The molecule has 1 N–H and O–H groups in total. The lowest BCUT2D eigenvalue weighted by atomic mass is 10.2. The predicted molar refractivity (Wildman–Crippen MR) is 84.5 cm³/mol. The maximum Gasteiger partial charge on any atom is 0.224 e. The van der Waals surface area contributed by atoms with Crippen LogP contribution in [0.2, 0.25) is 0 Å². The Hall–Kier alpha value is -1.36. The molecule has 5 nitrogen and oxygen atoms in total. The van der Waals surface area contributed by atoms with Gasteiger partial charge in [-0.3, -0.25) is 0 Å². The SMILES string of the molecule is CCCNc1nc(C)cc(N(C)CC2CCCN2C)n1. The van der Waals surface area contributed by atoms with Crippen molar-refractivity contribution in [2.24, 2.45) is 0 Å². The van der Waals surface area contributed by atoms with Gasteiger partial charge in [-0.25, -0.2) is 4.98 Å². The highest BCUT2D eigenvalue weighted by atomic mass is 15.3. The highest BCUT2D eigenvalue weighted by molar-refractivity contribution is 5.44. The zero-order valence-electron chi connectivity index (χ0n) is 13.2. The zero-order valence-corrected chi connectivity index (χ0v) is 13.2. The van der Waals surface area contributed by atoms with Crippen molar-refractivity contribution in [1.29, 1.82) is 0 Å². The van der Waals surface area contributed by atoms with Gasteiger partial charge in [-0.1, -0.05) is 6.92 Å². The van der Waals surface area contributed by atoms with Gasteiger partial charge in [0.05, 0.1) is 0 Å². The van der Waals surface area contributed by atoms with E-state index >= 15 is 0 Å². The minimum atomic E-state index is 0.641. The molecule has 0 bridgehead atoms. The first-order valence-electron chi connectivity index (χ1n) is 7.61. The lowest BCUT2D eigenvalue weighted by molar-refractivity contribution is 0.314. The van der Waals surface area contributed by atoms with E-state index in [4.69, 9.17) is 0 Å². The Labute approximate surface area is 122 Å². The van der Waals surface area contributed by atoms with Gasteiger partial charge in [0.15, 0.2) is 0 Å². The third-order valence-electron chi connectivity index (χ3n) is 3.92. The van der Waals surface area contributed by atoms with Gasteiger partial charge in [0, 0.05) is 37.9 Å². The molecule has 2 rings (SSSR count). The fraction of sp³-hybridized carbons (Fsp3) is 0.733. The van der Waals surface area contributed by atoms with Crippen molar-refractivity contribution in [2.45, 2.75) is 39.2 Å². The van der Waals surface area contributed by atoms with Crippen LogP contribution in [-0.2, 0) is 0 Å². The maximum atomic E-state index is 4.62. The van der Waals surface area contributed by atoms with Crippen molar-refractivity contribution < 1.29 is 0 Å². The minimum Gasteiger partial charge on any atom is -0.358 e. The number of aromatic nitrogens is 2. The van der Waals surface area contributed by atoms with Crippen LogP contribution in [0.5, 0.6) is 0 Å². The first-order valence-corrected chi connectivity index (χ1v) is 7.61. The Morgan fingerprint density at radius 2 is 2.25 bits per heavy atom. The summed E-state index contributed by atoms with van der Waals surface area (Å²) in [6.45, 7) is 7.33. The van der Waals surface area contributed by atoms with Gasteiger partial charge in [-0.2, -0.15) is 4.98 Å². The summed E-state index contributed by atoms with van der Waals surface area (Å²) in [7, 11) is 4.34. The van der Waals surface area contributed by atoms with Gasteiger partial charge >= 0.3 is 0 Å². The van der Waals surface area contributed by atoms with Crippen LogP contribution in [-0.4, -0.2) is 54.6 Å². The molecule has 1 aromatic rings. The van der Waals surface area contributed by atoms with E-state index in [-0.39, 0.29) is 0 Å². The average molecular weight is 277 g/mol. The highest BCUT2D eigenvalue weighted by Gasteiger charge is 2.22. The van der Waals surface area contributed by atoms with E-state index in [1.165, 1.54) is 19.4 Å². The Bertz CT molecular complexity index is 434. The second kappa shape index (κ2) is 6.88. The van der Waals surface area contributed by atoms with Crippen LogP contribution >= 0.6 is 0 Å². The Kier molecular flexibility index (Phi) is 5.17. The number of likely N-dealkylation sites (tertiary alicyclic amines) is 1. The smallest absolute Gasteiger partial charge is 0.224 e. The molecule has 0 spiro atoms. The first kappa shape index (κ1) is 15.0. The number of nitrogens with one attached hydrogen (secondary N) is 1. The highest BCUT2D eigenvalue weighted by Crippen LogP contribution is 2.19. The average Bonchev–Trinajstić information content (AvgIpc) is 2.81. The van der Waals surface area contributed by atoms with Crippen molar-refractivity contribution in [1.82, 2.24) is 14.9 Å². The summed E-state index contributed by atoms with van der Waals surface area (Å²) in [5, 5.41) is 3.27. The molecule has 2 heterocycles. The summed E-state index contributed by atoms with van der Waals surface area (Å²) >= 11 is 0. The molecule has 20 heavy (non-hydrogen) atoms. The number of nitrogens with zero attached hydrogens (tertiary/aromatic N) is 4. The molecule has 0 aromatic carbocycles. The molecule has 1 unspecified atom stereocenters. The molecule has 5 heteroatoms. The van der Waals surface area contributed by atoms with Gasteiger partial charge < -0.3 is 15.1 Å². The van der Waals surface area contributed by atoms with Gasteiger partial charge in [0.25, 0.3) is 0 Å². The van der Waals surface area contributed by atoms with Crippen LogP contribution in [0.4, 0.5) is 11.8 Å². The van der Waals surface area contributed by atoms with E-state index in [1.54, 1.807) is 0 Å². The second-order valence-electron chi connectivity index (χ2n) is 5.78. The van der Waals surface area contributed by atoms with Gasteiger partial charge in [0.2, 0.25) is 5.95 Å². The second-order valence-corrected chi connectivity index (χ2v) is 5.78. The summed E-state index contributed by atoms with van der Waals surface area (Å²) in [5.74, 6) is 1.75. The van der Waals surface area contributed by atoms with Crippen molar-refractivity contribution in [2.75, 3.05) is 43.9 Å². The normalized spacial score (nSPS) is 19.3. The van der Waals surface area contributed by atoms with Crippen LogP contribution < -0.4 is 10.2 Å². The summed E-state index contributed by atoms with van der Waals surface area (Å²) in [6, 6.07) is 2.70. The molecule has 0 radical (unpaired) electrons. The van der Waals surface area contributed by atoms with Gasteiger partial charge in [-0.05, 0) is 39.8 Å². The fourth-order valence-electron chi connectivity index (χ4n) is 2.68. The number of hydrogen-bond donors (Lipinski definition) is 1. The third kappa shape index (κ3) is 3.82. The fourth-order valence-corrected chi connectivity index (χ4v) is 2.68. The minimum absolute atomic E-state index is 0.641. The van der Waals surface area contributed by atoms with Gasteiger partial charge in [-0.15, -0.1) is 0 Å². The molecule has 1 atom stereocenters. The lowest BCUT2D eigenvalue weighted by Crippen LogP contribution is -2.37. The van der Waals surface area contributed by atoms with E-state index < -0.39 is 0 Å². The van der Waals surface area contributed by atoms with Crippen LogP contribution in [0, 0.1) is 6.92 Å². The molecule has 0 aliphatic carbocycles. The topological polar surface area (TPSA) is 44.3 Å². The molecule has 1 aliphatic heterocycles. The molecule has 1 aliphatic rings. The van der Waals surface area contributed by atoms with Crippen molar-refractivity contribution in [3.63, 3.8) is 0 Å². The van der Waals surface area contributed by atoms with Gasteiger partial charge in [0.1, 0.15) is 5.82 Å². The van der Waals surface area contributed by atoms with Crippen molar-refractivity contribution in [3.8, 4) is 0 Å². The van der Waals surface area contributed by atoms with Crippen LogP contribution in [0.25, 0.3) is 0 Å². The van der Waals surface area contributed by atoms with Crippen molar-refractivity contribution >= 4 is 11.8 Å². The van der Waals surface area contributed by atoms with Crippen LogP contribution in [0.1, 0.15) is 31.9 Å². The number of likely N-dealkylation sites (N-methyl/N-ethyl adjacent to an activating group) is 2. The predicted octanol–water partition coefficient (Wildman–Crippen LogP) is 2.14. The van der Waals surface area contributed by atoms with Crippen molar-refractivity contribution in [3.05, 3.63) is 11.8 Å². The largest absolute Gasteiger partial charge is 0.358 e. The van der Waals surface area contributed by atoms with E-state index in [0.29, 0.717) is 6.04 Å². The lowest BCUT2D eigenvalue weighted by Gasteiger charge is -2.27. The number of hydrogen-bond acceptors (Lipinski definition) is 5. The van der Waals surface area contributed by atoms with Crippen LogP contribution in [0.15, 0.2) is 6.07 Å². The molecule has 1 fully saturated rings. The van der Waals surface area contributed by atoms with E-state index in [9.17, 15) is 0 Å². The third-order valence-corrected chi connectivity index (χ3v) is 3.92. The van der Waals surface area contributed by atoms with Crippen LogP contribution in [0.3, 0.4) is 0 Å². The first-order chi connectivity index (χ1) is 9.60. The summed E-state index contributed by atoms with van der Waals surface area (Å²) < 4.78 is 0. The number of aryl methyl sites for hydroxylation is 1. The molecular weight excluding hydrogens is 250 g/mol. The van der Waals surface area contributed by atoms with E-state index in [0.717, 1.165) is 37.0 Å². The molecule has 0 amide bonds. The summed E-state index contributed by atoms with van der Waals surface area (Å²) in [6.07, 6.45) is 3.67. The van der Waals surface area contributed by atoms with E-state index in [2.05, 4.69) is 52.2 Å². The molecule has 1 aromatic heterocycles. The Morgan fingerprint density at radius 3 is 2.90 bits per heavy atom. The molecular formula is C15H27N5. The maximum absolute atomic E-state index is 4.62. The molecule has 1 saturated heterocycles. The quantitative estimate of drug-likeness (QED) is 0.863. The molecule has 112 valence electrons. The number of rotatable bonds is 6. The number of anilines is 2. The monoisotopic (exact) mass is 277 g/mol. The Morgan fingerprint density at radius 1 is 1.45 bits per heavy atom. The summed E-state index contributed by atoms with van der Waals surface area (Å²) in [5.41, 5.74) is 1.01. The molecule has 0 saturated carbocycles. The Balaban J connectivity index is 2.04. The standard InChI is InChI=1S/C15H27N5/c1-5-8-16-15-17-12(2)10-14(18-15)20(4)11-13-7-6-9-19(13)3/h10,13H,5-9,11H2,1-4H3,(H,16,17,18). The van der Waals surface area contributed by atoms with E-state index in [1.807, 2.05) is 6.92 Å². The summed E-state index contributed by atoms with van der Waals surface area (Å²) in [4.78, 5) is 13.8.